The predicted octanol–water partition coefficient (Wildman–Crippen LogP) is 9.26. The molecule has 3 heteroatoms. The van der Waals surface area contributed by atoms with Crippen LogP contribution >= 0.6 is 0 Å². The Hall–Kier alpha value is -2.18. The van der Waals surface area contributed by atoms with E-state index in [-0.39, 0.29) is 24.8 Å². The Balaban J connectivity index is 0.00000240. The molecule has 278 valence electrons. The van der Waals surface area contributed by atoms with Crippen LogP contribution in [0.25, 0.3) is 34.4 Å². The van der Waals surface area contributed by atoms with E-state index in [1.807, 2.05) is 0 Å². The molecule has 8 rings (SSSR count). The smallest absolute Gasteiger partial charge is 1.00 e. The van der Waals surface area contributed by atoms with Crippen molar-refractivity contribution in [1.82, 2.24) is 0 Å². The Morgan fingerprint density at radius 1 is 0.509 bits per heavy atom. The Bertz CT molecular complexity index is 1830. The van der Waals surface area contributed by atoms with E-state index in [1.165, 1.54) is 71.9 Å². The van der Waals surface area contributed by atoms with Gasteiger partial charge in [-0.25, -0.2) is 0 Å². The van der Waals surface area contributed by atoms with Crippen LogP contribution in [0.1, 0.15) is 146 Å². The molecule has 0 spiro atoms. The van der Waals surface area contributed by atoms with Crippen molar-refractivity contribution in [2.24, 2.45) is 11.8 Å². The molecule has 2 fully saturated rings. The van der Waals surface area contributed by atoms with Gasteiger partial charge in [0.15, 0.2) is 0 Å². The first-order valence-electron chi connectivity index (χ1n) is 20.5. The summed E-state index contributed by atoms with van der Waals surface area (Å²) >= 11 is -3.11. The zero-order valence-electron chi connectivity index (χ0n) is 33.4. The molecule has 1 heterocycles. The van der Waals surface area contributed by atoms with E-state index in [4.69, 9.17) is 0 Å². The summed E-state index contributed by atoms with van der Waals surface area (Å²) in [7, 11) is 0. The van der Waals surface area contributed by atoms with Crippen molar-refractivity contribution in [3.05, 3.63) is 129 Å². The van der Waals surface area contributed by atoms with Gasteiger partial charge in [-0.2, -0.15) is 0 Å². The van der Waals surface area contributed by atoms with Crippen LogP contribution in [0.3, 0.4) is 0 Å². The quantitative estimate of drug-likeness (QED) is 0.150. The monoisotopic (exact) mass is 820 g/mol. The van der Waals surface area contributed by atoms with Crippen LogP contribution in [-0.2, 0) is 20.3 Å². The summed E-state index contributed by atoms with van der Waals surface area (Å²) in [6.07, 6.45) is 13.8. The SMILES string of the molecule is CC(C)CC1=Cc2c(-c3ccc(C(C)C)cc3)cccc2[CH]1[Zr+2]1([CH]2C(CC(C)C)=Cc3c(-c4ccc(C(C)C)cc4)cccc32)[CH]2CCCC[CH]21.[Cl-].[Cl-]. The van der Waals surface area contributed by atoms with E-state index < -0.39 is 20.3 Å². The molecule has 1 aliphatic heterocycles. The molecule has 4 aromatic rings. The van der Waals surface area contributed by atoms with Crippen molar-refractivity contribution < 1.29 is 45.1 Å². The Kier molecular flexibility index (Phi) is 12.3. The fourth-order valence-corrected chi connectivity index (χ4v) is 34.3. The molecule has 4 aliphatic rings. The molecule has 0 N–H and O–H groups in total. The fraction of sp³-hybridized carbons (Fsp3) is 0.440. The number of hydrogen-bond donors (Lipinski definition) is 0. The van der Waals surface area contributed by atoms with Crippen molar-refractivity contribution in [3.8, 4) is 22.3 Å². The third kappa shape index (κ3) is 7.08. The maximum Gasteiger partial charge on any atom is -1.00 e. The molecule has 0 nitrogen and oxygen atoms in total. The molecular weight excluding hydrogens is 763 g/mol. The standard InChI is InChI=1S/2C22H25.C6H10.2ClH.Zr/c2*1-15(2)12-17-13-20-6-5-7-21(22(20)14-17)19-10-8-18(9-11-19)16(3)4;1-2-4-6-5-3-1;;;/h2*5-11,13-16H,12H2,1-4H3;1-2H,3-6H2;2*1H;/q;;;;;+2/p-2. The number of allylic oxidation sites excluding steroid dienone is 2. The van der Waals surface area contributed by atoms with Crippen LogP contribution < -0.4 is 24.8 Å². The molecule has 0 bridgehead atoms. The summed E-state index contributed by atoms with van der Waals surface area (Å²) in [5.41, 5.74) is 18.7. The first kappa shape index (κ1) is 40.5. The van der Waals surface area contributed by atoms with Crippen molar-refractivity contribution in [3.63, 3.8) is 0 Å². The Labute approximate surface area is 338 Å². The number of rotatable bonds is 10. The summed E-state index contributed by atoms with van der Waals surface area (Å²) in [6.45, 7) is 19.0. The summed E-state index contributed by atoms with van der Waals surface area (Å²) < 4.78 is 3.35. The largest absolute Gasteiger partial charge is 1.00 e. The van der Waals surface area contributed by atoms with Gasteiger partial charge in [-0.1, -0.05) is 0 Å². The van der Waals surface area contributed by atoms with Crippen LogP contribution in [0.5, 0.6) is 0 Å². The van der Waals surface area contributed by atoms with Crippen molar-refractivity contribution >= 4 is 12.2 Å². The minimum atomic E-state index is -3.11. The van der Waals surface area contributed by atoms with E-state index in [0.717, 1.165) is 7.25 Å². The van der Waals surface area contributed by atoms with E-state index in [2.05, 4.69) is 152 Å². The number of benzene rings is 4. The third-order valence-corrected chi connectivity index (χ3v) is 30.3. The van der Waals surface area contributed by atoms with E-state index >= 15 is 0 Å². The third-order valence-electron chi connectivity index (χ3n) is 13.3. The first-order valence-corrected chi connectivity index (χ1v) is 26.1. The van der Waals surface area contributed by atoms with Gasteiger partial charge >= 0.3 is 316 Å². The number of fused-ring (bicyclic) bond motifs is 3. The topological polar surface area (TPSA) is 0 Å². The van der Waals surface area contributed by atoms with Crippen molar-refractivity contribution in [2.75, 3.05) is 0 Å². The van der Waals surface area contributed by atoms with E-state index in [1.54, 1.807) is 33.4 Å². The molecule has 4 aromatic carbocycles. The summed E-state index contributed by atoms with van der Waals surface area (Å²) in [5, 5.41) is 0. The zero-order chi connectivity index (χ0) is 35.6. The number of halogens is 2. The van der Waals surface area contributed by atoms with Gasteiger partial charge < -0.3 is 24.8 Å². The van der Waals surface area contributed by atoms with Gasteiger partial charge in [-0.3, -0.25) is 0 Å². The van der Waals surface area contributed by atoms with Crippen molar-refractivity contribution in [2.45, 2.75) is 120 Å². The van der Waals surface area contributed by atoms with Crippen LogP contribution in [0.15, 0.2) is 96.1 Å². The Morgan fingerprint density at radius 2 is 0.887 bits per heavy atom. The normalized spacial score (nSPS) is 22.8. The van der Waals surface area contributed by atoms with Crippen molar-refractivity contribution in [1.29, 1.82) is 0 Å². The van der Waals surface area contributed by atoms with Gasteiger partial charge in [-0.15, -0.1) is 0 Å². The first-order chi connectivity index (χ1) is 24.6. The summed E-state index contributed by atoms with van der Waals surface area (Å²) in [5.74, 6) is 2.43. The van der Waals surface area contributed by atoms with Gasteiger partial charge in [0.1, 0.15) is 0 Å². The van der Waals surface area contributed by atoms with Crippen LogP contribution in [0.4, 0.5) is 0 Å². The average Bonchev–Trinajstić information content (AvgIpc) is 3.39. The zero-order valence-corrected chi connectivity index (χ0v) is 37.3. The van der Waals surface area contributed by atoms with E-state index in [0.29, 0.717) is 30.9 Å². The molecule has 1 saturated heterocycles. The van der Waals surface area contributed by atoms with Crippen LogP contribution in [0, 0.1) is 11.8 Å². The maximum absolute atomic E-state index is 3.11. The molecule has 53 heavy (non-hydrogen) atoms. The molecule has 4 atom stereocenters. The summed E-state index contributed by atoms with van der Waals surface area (Å²) in [4.78, 5) is 0. The van der Waals surface area contributed by atoms with Crippen LogP contribution in [0.2, 0.25) is 7.25 Å². The van der Waals surface area contributed by atoms with Gasteiger partial charge in [0.05, 0.1) is 0 Å². The van der Waals surface area contributed by atoms with Gasteiger partial charge in [-0.05, 0) is 0 Å². The molecule has 3 aliphatic carbocycles. The molecule has 0 radical (unpaired) electrons. The van der Waals surface area contributed by atoms with Gasteiger partial charge in [0, 0.05) is 0 Å². The van der Waals surface area contributed by atoms with E-state index in [9.17, 15) is 0 Å². The molecule has 4 unspecified atom stereocenters. The number of hydrogen-bond acceptors (Lipinski definition) is 0. The second-order valence-corrected chi connectivity index (χ2v) is 29.6. The second kappa shape index (κ2) is 16.1. The second-order valence-electron chi connectivity index (χ2n) is 18.2. The van der Waals surface area contributed by atoms with Gasteiger partial charge in [0.25, 0.3) is 0 Å². The molecule has 0 amide bonds. The predicted molar refractivity (Wildman–Crippen MR) is 218 cm³/mol. The summed E-state index contributed by atoms with van der Waals surface area (Å²) in [6, 6.07) is 33.9. The Morgan fingerprint density at radius 3 is 1.23 bits per heavy atom. The maximum atomic E-state index is 2.74. The minimum absolute atomic E-state index is 0. The fourth-order valence-electron chi connectivity index (χ4n) is 11.2. The average molecular weight is 823 g/mol. The van der Waals surface area contributed by atoms with Gasteiger partial charge in [0.2, 0.25) is 0 Å². The molecule has 1 saturated carbocycles. The van der Waals surface area contributed by atoms with Crippen LogP contribution in [-0.4, -0.2) is 0 Å². The molecule has 0 aromatic heterocycles. The minimum Gasteiger partial charge on any atom is -1.00 e. The molecular formula is C50H60Cl2Zr.